The Labute approximate surface area is 100 Å². The summed E-state index contributed by atoms with van der Waals surface area (Å²) in [6.45, 7) is 4.69. The molecule has 1 aromatic rings. The third-order valence-corrected chi connectivity index (χ3v) is 2.13. The van der Waals surface area contributed by atoms with Crippen LogP contribution in [0.3, 0.4) is 0 Å². The number of carbonyl (C=O) groups excluding carboxylic acids is 1. The zero-order valence-electron chi connectivity index (χ0n) is 9.46. The Morgan fingerprint density at radius 3 is 2.75 bits per heavy atom. The molecule has 0 aliphatic carbocycles. The Kier molecular flexibility index (Phi) is 5.12. The Balaban J connectivity index is 2.90. The zero-order valence-corrected chi connectivity index (χ0v) is 10.2. The average molecular weight is 243 g/mol. The minimum atomic E-state index is -0.396. The van der Waals surface area contributed by atoms with E-state index in [0.29, 0.717) is 29.5 Å². The quantitative estimate of drug-likeness (QED) is 0.743. The van der Waals surface area contributed by atoms with Crippen molar-refractivity contribution in [1.29, 1.82) is 0 Å². The van der Waals surface area contributed by atoms with Gasteiger partial charge in [0.25, 0.3) is 0 Å². The van der Waals surface area contributed by atoms with E-state index in [1.807, 2.05) is 13.8 Å². The molecule has 0 heterocycles. The maximum Gasteiger partial charge on any atom is 0.341 e. The third kappa shape index (κ3) is 3.42. The summed E-state index contributed by atoms with van der Waals surface area (Å²) in [6, 6.07) is 4.92. The van der Waals surface area contributed by atoms with E-state index in [4.69, 9.17) is 21.1 Å². The highest BCUT2D eigenvalue weighted by molar-refractivity contribution is 6.31. The summed E-state index contributed by atoms with van der Waals surface area (Å²) in [5, 5.41) is 0.493. The Bertz CT molecular complexity index is 363. The van der Waals surface area contributed by atoms with Crippen LogP contribution >= 0.6 is 11.6 Å². The molecule has 1 rings (SSSR count). The van der Waals surface area contributed by atoms with Gasteiger partial charge in [-0.2, -0.15) is 0 Å². The molecule has 0 saturated carbocycles. The van der Waals surface area contributed by atoms with Crippen molar-refractivity contribution >= 4 is 17.6 Å². The van der Waals surface area contributed by atoms with Gasteiger partial charge in [-0.1, -0.05) is 18.5 Å². The van der Waals surface area contributed by atoms with Gasteiger partial charge in [0.05, 0.1) is 13.2 Å². The van der Waals surface area contributed by atoms with Crippen LogP contribution in [0.5, 0.6) is 5.75 Å². The lowest BCUT2D eigenvalue weighted by molar-refractivity contribution is 0.0500. The van der Waals surface area contributed by atoms with Gasteiger partial charge in [-0.3, -0.25) is 0 Å². The first kappa shape index (κ1) is 12.8. The van der Waals surface area contributed by atoms with Gasteiger partial charge in [-0.15, -0.1) is 0 Å². The van der Waals surface area contributed by atoms with Crippen LogP contribution in [0.2, 0.25) is 5.02 Å². The molecule has 0 N–H and O–H groups in total. The standard InChI is InChI=1S/C12H15ClO3/c1-3-7-16-12(14)10-8-9(13)5-6-11(10)15-4-2/h5-6,8H,3-4,7H2,1-2H3. The molecule has 0 unspecified atom stereocenters. The number of carbonyl (C=O) groups is 1. The van der Waals surface area contributed by atoms with Crippen molar-refractivity contribution in [1.82, 2.24) is 0 Å². The first-order valence-electron chi connectivity index (χ1n) is 5.28. The number of ether oxygens (including phenoxy) is 2. The van der Waals surface area contributed by atoms with E-state index in [1.54, 1.807) is 18.2 Å². The summed E-state index contributed by atoms with van der Waals surface area (Å²) in [4.78, 5) is 11.7. The van der Waals surface area contributed by atoms with Gasteiger partial charge in [0.1, 0.15) is 11.3 Å². The fourth-order valence-electron chi connectivity index (χ4n) is 1.22. The summed E-state index contributed by atoms with van der Waals surface area (Å²) in [7, 11) is 0. The number of hydrogen-bond donors (Lipinski definition) is 0. The second-order valence-corrected chi connectivity index (χ2v) is 3.65. The van der Waals surface area contributed by atoms with Crippen molar-refractivity contribution in [2.75, 3.05) is 13.2 Å². The van der Waals surface area contributed by atoms with Crippen molar-refractivity contribution in [2.24, 2.45) is 0 Å². The summed E-state index contributed by atoms with van der Waals surface area (Å²) in [5.41, 5.74) is 0.378. The predicted octanol–water partition coefficient (Wildman–Crippen LogP) is 3.31. The van der Waals surface area contributed by atoms with Crippen LogP contribution in [0.1, 0.15) is 30.6 Å². The van der Waals surface area contributed by atoms with Crippen molar-refractivity contribution in [2.45, 2.75) is 20.3 Å². The van der Waals surface area contributed by atoms with Crippen LogP contribution in [0.15, 0.2) is 18.2 Å². The van der Waals surface area contributed by atoms with E-state index in [2.05, 4.69) is 0 Å². The second kappa shape index (κ2) is 6.38. The molecule has 1 aromatic carbocycles. The Hall–Kier alpha value is -1.22. The number of rotatable bonds is 5. The lowest BCUT2D eigenvalue weighted by Crippen LogP contribution is -2.08. The molecule has 0 saturated heterocycles. The first-order chi connectivity index (χ1) is 7.69. The molecule has 0 amide bonds. The van der Waals surface area contributed by atoms with E-state index < -0.39 is 5.97 Å². The summed E-state index contributed by atoms with van der Waals surface area (Å²) < 4.78 is 10.4. The molecule has 4 heteroatoms. The van der Waals surface area contributed by atoms with E-state index >= 15 is 0 Å². The molecule has 0 aliphatic heterocycles. The van der Waals surface area contributed by atoms with Gasteiger partial charge in [0.2, 0.25) is 0 Å². The molecular weight excluding hydrogens is 228 g/mol. The Morgan fingerprint density at radius 1 is 1.38 bits per heavy atom. The largest absolute Gasteiger partial charge is 0.493 e. The van der Waals surface area contributed by atoms with Crippen molar-refractivity contribution in [3.63, 3.8) is 0 Å². The maximum atomic E-state index is 11.7. The van der Waals surface area contributed by atoms with Crippen molar-refractivity contribution in [3.05, 3.63) is 28.8 Å². The minimum Gasteiger partial charge on any atom is -0.493 e. The molecule has 0 atom stereocenters. The van der Waals surface area contributed by atoms with Crippen molar-refractivity contribution < 1.29 is 14.3 Å². The van der Waals surface area contributed by atoms with Crippen LogP contribution in [-0.2, 0) is 4.74 Å². The van der Waals surface area contributed by atoms with E-state index in [1.165, 1.54) is 0 Å². The summed E-state index contributed by atoms with van der Waals surface area (Å²) >= 11 is 5.83. The predicted molar refractivity (Wildman–Crippen MR) is 63.2 cm³/mol. The number of benzene rings is 1. The van der Waals surface area contributed by atoms with Crippen LogP contribution in [0.4, 0.5) is 0 Å². The molecular formula is C12H15ClO3. The van der Waals surface area contributed by atoms with E-state index in [9.17, 15) is 4.79 Å². The lowest BCUT2D eigenvalue weighted by Gasteiger charge is -2.09. The second-order valence-electron chi connectivity index (χ2n) is 3.21. The zero-order chi connectivity index (χ0) is 12.0. The minimum absolute atomic E-state index is 0.378. The first-order valence-corrected chi connectivity index (χ1v) is 5.66. The van der Waals surface area contributed by atoms with Gasteiger partial charge < -0.3 is 9.47 Å². The van der Waals surface area contributed by atoms with E-state index in [-0.39, 0.29) is 0 Å². The normalized spacial score (nSPS) is 9.94. The van der Waals surface area contributed by atoms with Crippen LogP contribution in [-0.4, -0.2) is 19.2 Å². The number of halogens is 1. The SMILES string of the molecule is CCCOC(=O)c1cc(Cl)ccc1OCC. The van der Waals surface area contributed by atoms with Crippen LogP contribution in [0.25, 0.3) is 0 Å². The highest BCUT2D eigenvalue weighted by atomic mass is 35.5. The molecule has 88 valence electrons. The van der Waals surface area contributed by atoms with Gasteiger partial charge in [-0.25, -0.2) is 4.79 Å². The van der Waals surface area contributed by atoms with E-state index in [0.717, 1.165) is 6.42 Å². The summed E-state index contributed by atoms with van der Waals surface area (Å²) in [6.07, 6.45) is 0.788. The molecule has 0 aliphatic rings. The average Bonchev–Trinajstić information content (AvgIpc) is 2.28. The summed E-state index contributed by atoms with van der Waals surface area (Å²) in [5.74, 6) is 0.112. The molecule has 0 aromatic heterocycles. The third-order valence-electron chi connectivity index (χ3n) is 1.90. The molecule has 0 spiro atoms. The molecule has 0 bridgehead atoms. The van der Waals surface area contributed by atoms with Crippen LogP contribution in [0, 0.1) is 0 Å². The number of hydrogen-bond acceptors (Lipinski definition) is 3. The van der Waals surface area contributed by atoms with Gasteiger partial charge in [0.15, 0.2) is 0 Å². The van der Waals surface area contributed by atoms with Crippen LogP contribution < -0.4 is 4.74 Å². The topological polar surface area (TPSA) is 35.5 Å². The van der Waals surface area contributed by atoms with Crippen molar-refractivity contribution in [3.8, 4) is 5.75 Å². The van der Waals surface area contributed by atoms with Gasteiger partial charge in [-0.05, 0) is 31.5 Å². The molecule has 3 nitrogen and oxygen atoms in total. The fourth-order valence-corrected chi connectivity index (χ4v) is 1.39. The Morgan fingerprint density at radius 2 is 2.12 bits per heavy atom. The van der Waals surface area contributed by atoms with Gasteiger partial charge >= 0.3 is 5.97 Å². The van der Waals surface area contributed by atoms with Gasteiger partial charge in [0, 0.05) is 5.02 Å². The highest BCUT2D eigenvalue weighted by Gasteiger charge is 2.14. The number of esters is 1. The molecule has 0 fully saturated rings. The highest BCUT2D eigenvalue weighted by Crippen LogP contribution is 2.23. The maximum absolute atomic E-state index is 11.7. The lowest BCUT2D eigenvalue weighted by atomic mass is 10.2. The fraction of sp³-hybridized carbons (Fsp3) is 0.417. The molecule has 16 heavy (non-hydrogen) atoms. The smallest absolute Gasteiger partial charge is 0.341 e. The monoisotopic (exact) mass is 242 g/mol. The molecule has 0 radical (unpaired) electrons.